The summed E-state index contributed by atoms with van der Waals surface area (Å²) < 4.78 is 28.3. The van der Waals surface area contributed by atoms with Gasteiger partial charge in [-0.15, -0.1) is 0 Å². The molecule has 132 valence electrons. The topological polar surface area (TPSA) is 66.5 Å². The number of hydrogen-bond donors (Lipinski definition) is 1. The molecule has 3 rings (SSSR count). The number of nitrogens with one attached hydrogen (secondary N) is 1. The van der Waals surface area contributed by atoms with Crippen molar-refractivity contribution in [3.8, 4) is 0 Å². The van der Waals surface area contributed by atoms with E-state index in [1.165, 1.54) is 6.92 Å². The lowest BCUT2D eigenvalue weighted by atomic mass is 10.1. The number of amides is 1. The number of nitrogens with zero attached hydrogens (tertiary/aromatic N) is 1. The summed E-state index contributed by atoms with van der Waals surface area (Å²) in [4.78, 5) is 13.7. The number of aryl methyl sites for hydroxylation is 2. The molecular weight excluding hydrogens is 336 g/mol. The van der Waals surface area contributed by atoms with Crippen molar-refractivity contribution in [3.63, 3.8) is 0 Å². The van der Waals surface area contributed by atoms with Crippen molar-refractivity contribution in [2.45, 2.75) is 45.1 Å². The molecule has 5 nitrogen and oxygen atoms in total. The van der Waals surface area contributed by atoms with Crippen LogP contribution in [-0.2, 0) is 21.2 Å². The lowest BCUT2D eigenvalue weighted by molar-refractivity contribution is -0.116. The molecule has 1 atom stereocenters. The first-order chi connectivity index (χ1) is 11.7. The van der Waals surface area contributed by atoms with Crippen molar-refractivity contribution in [2.75, 3.05) is 9.62 Å². The van der Waals surface area contributed by atoms with Gasteiger partial charge in [0, 0.05) is 18.7 Å². The van der Waals surface area contributed by atoms with Crippen molar-refractivity contribution in [3.05, 3.63) is 53.1 Å². The first-order valence-corrected chi connectivity index (χ1v) is 9.71. The second kappa shape index (κ2) is 6.19. The zero-order valence-corrected chi connectivity index (χ0v) is 15.6. The SMILES string of the molecule is CC(=O)N1c2ccc(S(=O)(=O)Nc3c(C)cccc3C)cc2C[C@H]1C. The van der Waals surface area contributed by atoms with Gasteiger partial charge in [0.2, 0.25) is 5.91 Å². The molecule has 0 spiro atoms. The normalized spacial score (nSPS) is 16.6. The van der Waals surface area contributed by atoms with Crippen molar-refractivity contribution >= 4 is 27.3 Å². The molecule has 2 aromatic rings. The monoisotopic (exact) mass is 358 g/mol. The minimum Gasteiger partial charge on any atom is -0.309 e. The Kier molecular flexibility index (Phi) is 4.33. The Balaban J connectivity index is 1.98. The van der Waals surface area contributed by atoms with Gasteiger partial charge in [0.05, 0.1) is 10.6 Å². The molecule has 0 bridgehead atoms. The van der Waals surface area contributed by atoms with E-state index in [2.05, 4.69) is 4.72 Å². The molecule has 0 saturated heterocycles. The highest BCUT2D eigenvalue weighted by Gasteiger charge is 2.30. The molecule has 0 saturated carbocycles. The number of benzene rings is 2. The summed E-state index contributed by atoms with van der Waals surface area (Å²) >= 11 is 0. The van der Waals surface area contributed by atoms with E-state index in [9.17, 15) is 13.2 Å². The van der Waals surface area contributed by atoms with Crippen LogP contribution in [0.1, 0.15) is 30.5 Å². The fourth-order valence-electron chi connectivity index (χ4n) is 3.42. The first-order valence-electron chi connectivity index (χ1n) is 8.22. The average Bonchev–Trinajstić information content (AvgIpc) is 2.86. The third-order valence-corrected chi connectivity index (χ3v) is 5.98. The summed E-state index contributed by atoms with van der Waals surface area (Å²) in [6.45, 7) is 7.24. The summed E-state index contributed by atoms with van der Waals surface area (Å²) in [5, 5.41) is 0. The predicted octanol–water partition coefficient (Wildman–Crippen LogP) is 3.40. The number of rotatable bonds is 3. The van der Waals surface area contributed by atoms with E-state index in [0.717, 1.165) is 22.4 Å². The van der Waals surface area contributed by atoms with Crippen molar-refractivity contribution in [2.24, 2.45) is 0 Å². The number of para-hydroxylation sites is 1. The van der Waals surface area contributed by atoms with Gasteiger partial charge in [-0.1, -0.05) is 18.2 Å². The molecular formula is C19H22N2O3S. The summed E-state index contributed by atoms with van der Waals surface area (Å²) in [5.41, 5.74) is 4.04. The number of anilines is 2. The number of carbonyl (C=O) groups excluding carboxylic acids is 1. The van der Waals surface area contributed by atoms with Gasteiger partial charge in [-0.25, -0.2) is 8.42 Å². The highest BCUT2D eigenvalue weighted by molar-refractivity contribution is 7.92. The molecule has 1 aliphatic rings. The molecule has 0 aromatic heterocycles. The Morgan fingerprint density at radius 3 is 2.40 bits per heavy atom. The van der Waals surface area contributed by atoms with Crippen LogP contribution in [-0.4, -0.2) is 20.4 Å². The lowest BCUT2D eigenvalue weighted by Crippen LogP contribution is -2.33. The van der Waals surface area contributed by atoms with E-state index >= 15 is 0 Å². The Bertz CT molecular complexity index is 931. The van der Waals surface area contributed by atoms with Crippen LogP contribution in [0, 0.1) is 13.8 Å². The molecule has 1 N–H and O–H groups in total. The van der Waals surface area contributed by atoms with Crippen LogP contribution in [0.2, 0.25) is 0 Å². The maximum absolute atomic E-state index is 12.8. The highest BCUT2D eigenvalue weighted by Crippen LogP contribution is 2.34. The second-order valence-corrected chi connectivity index (χ2v) is 8.29. The zero-order valence-electron chi connectivity index (χ0n) is 14.8. The van der Waals surface area contributed by atoms with E-state index in [1.54, 1.807) is 23.1 Å². The molecule has 1 amide bonds. The van der Waals surface area contributed by atoms with Crippen LogP contribution in [0.25, 0.3) is 0 Å². The smallest absolute Gasteiger partial charge is 0.261 e. The van der Waals surface area contributed by atoms with Gasteiger partial charge in [0.25, 0.3) is 10.0 Å². The van der Waals surface area contributed by atoms with E-state index in [1.807, 2.05) is 39.0 Å². The fourth-order valence-corrected chi connectivity index (χ4v) is 4.68. The van der Waals surface area contributed by atoms with Crippen LogP contribution in [0.4, 0.5) is 11.4 Å². The van der Waals surface area contributed by atoms with Gasteiger partial charge < -0.3 is 4.90 Å². The van der Waals surface area contributed by atoms with E-state index in [0.29, 0.717) is 12.1 Å². The van der Waals surface area contributed by atoms with Crippen molar-refractivity contribution in [1.82, 2.24) is 0 Å². The summed E-state index contributed by atoms with van der Waals surface area (Å²) in [6, 6.07) is 10.6. The molecule has 2 aromatic carbocycles. The Labute approximate surface area is 148 Å². The number of sulfonamides is 1. The predicted molar refractivity (Wildman–Crippen MR) is 99.5 cm³/mol. The largest absolute Gasteiger partial charge is 0.309 e. The summed E-state index contributed by atoms with van der Waals surface area (Å²) in [7, 11) is -3.69. The van der Waals surface area contributed by atoms with Crippen LogP contribution < -0.4 is 9.62 Å². The number of carbonyl (C=O) groups is 1. The van der Waals surface area contributed by atoms with Crippen molar-refractivity contribution < 1.29 is 13.2 Å². The molecule has 0 unspecified atom stereocenters. The molecule has 6 heteroatoms. The lowest BCUT2D eigenvalue weighted by Gasteiger charge is -2.20. The van der Waals surface area contributed by atoms with Gasteiger partial charge >= 0.3 is 0 Å². The molecule has 25 heavy (non-hydrogen) atoms. The standard InChI is InChI=1S/C19H22N2O3S/c1-12-6-5-7-13(2)19(12)20-25(23,24)17-8-9-18-16(11-17)10-14(3)21(18)15(4)22/h5-9,11,14,20H,10H2,1-4H3/t14-/m1/s1. The fraction of sp³-hybridized carbons (Fsp3) is 0.316. The molecule has 0 radical (unpaired) electrons. The van der Waals surface area contributed by atoms with Crippen LogP contribution in [0.5, 0.6) is 0 Å². The minimum absolute atomic E-state index is 0.0319. The van der Waals surface area contributed by atoms with Gasteiger partial charge in [-0.05, 0) is 62.1 Å². The molecule has 1 aliphatic heterocycles. The second-order valence-electron chi connectivity index (χ2n) is 6.60. The Hall–Kier alpha value is -2.34. The summed E-state index contributed by atoms with van der Waals surface area (Å²) in [6.07, 6.45) is 0.654. The highest BCUT2D eigenvalue weighted by atomic mass is 32.2. The average molecular weight is 358 g/mol. The third-order valence-electron chi connectivity index (χ3n) is 4.63. The van der Waals surface area contributed by atoms with Crippen LogP contribution in [0.15, 0.2) is 41.3 Å². The van der Waals surface area contributed by atoms with Gasteiger partial charge in [-0.3, -0.25) is 9.52 Å². The molecule has 1 heterocycles. The maximum Gasteiger partial charge on any atom is 0.261 e. The van der Waals surface area contributed by atoms with E-state index < -0.39 is 10.0 Å². The maximum atomic E-state index is 12.8. The quantitative estimate of drug-likeness (QED) is 0.914. The number of hydrogen-bond acceptors (Lipinski definition) is 3. The van der Waals surface area contributed by atoms with E-state index in [4.69, 9.17) is 0 Å². The number of fused-ring (bicyclic) bond motifs is 1. The first kappa shape index (κ1) is 17.5. The van der Waals surface area contributed by atoms with E-state index in [-0.39, 0.29) is 16.8 Å². The Morgan fingerprint density at radius 2 is 1.80 bits per heavy atom. The summed E-state index contributed by atoms with van der Waals surface area (Å²) in [5.74, 6) is -0.0319. The molecule has 0 aliphatic carbocycles. The zero-order chi connectivity index (χ0) is 18.4. The van der Waals surface area contributed by atoms with Gasteiger partial charge in [-0.2, -0.15) is 0 Å². The van der Waals surface area contributed by atoms with Crippen LogP contribution in [0.3, 0.4) is 0 Å². The van der Waals surface area contributed by atoms with Gasteiger partial charge in [0.1, 0.15) is 0 Å². The third kappa shape index (κ3) is 3.14. The van der Waals surface area contributed by atoms with Crippen molar-refractivity contribution in [1.29, 1.82) is 0 Å². The molecule has 0 fully saturated rings. The Morgan fingerprint density at radius 1 is 1.16 bits per heavy atom. The van der Waals surface area contributed by atoms with Crippen LogP contribution >= 0.6 is 0 Å². The van der Waals surface area contributed by atoms with Gasteiger partial charge in [0.15, 0.2) is 0 Å². The minimum atomic E-state index is -3.69.